The Morgan fingerprint density at radius 1 is 0.800 bits per heavy atom. The third-order valence-corrected chi connectivity index (χ3v) is 3.88. The molecule has 0 spiro atoms. The van der Waals surface area contributed by atoms with E-state index >= 15 is 0 Å². The van der Waals surface area contributed by atoms with Crippen molar-refractivity contribution in [3.05, 3.63) is 18.2 Å². The second-order valence-electron chi connectivity index (χ2n) is 7.01. The highest BCUT2D eigenvalue weighted by molar-refractivity contribution is 5.76. The monoisotopic (exact) mass is 503 g/mol. The molecule has 3 atom stereocenters. The number of nitrogens with one attached hydrogen (secondary N) is 1. The lowest BCUT2D eigenvalue weighted by Crippen LogP contribution is -2.32. The maximum atomic E-state index is 10.3. The van der Waals surface area contributed by atoms with Gasteiger partial charge in [-0.15, -0.1) is 0 Å². The number of hydrogen-bond donors (Lipinski definition) is 11. The van der Waals surface area contributed by atoms with Crippen molar-refractivity contribution in [2.75, 3.05) is 13.1 Å². The number of guanidine groups is 2. The maximum Gasteiger partial charge on any atom is 0.320 e. The molecule has 1 rings (SSSR count). The highest BCUT2D eigenvalue weighted by atomic mass is 16.4. The Hall–Kier alpha value is -3.96. The summed E-state index contributed by atoms with van der Waals surface area (Å²) >= 11 is 0. The van der Waals surface area contributed by atoms with E-state index in [1.54, 1.807) is 6.20 Å². The van der Waals surface area contributed by atoms with Crippen LogP contribution in [0.4, 0.5) is 0 Å². The average Bonchev–Trinajstić information content (AvgIpc) is 3.27. The van der Waals surface area contributed by atoms with Gasteiger partial charge in [-0.05, 0) is 25.7 Å². The third kappa shape index (κ3) is 21.6. The van der Waals surface area contributed by atoms with Crippen molar-refractivity contribution >= 4 is 29.8 Å². The van der Waals surface area contributed by atoms with Crippen LogP contribution in [0, 0.1) is 0 Å². The van der Waals surface area contributed by atoms with E-state index in [0.29, 0.717) is 38.8 Å². The molecule has 0 saturated carbocycles. The second-order valence-corrected chi connectivity index (χ2v) is 7.01. The molecule has 1 aromatic rings. The molecule has 0 aromatic carbocycles. The van der Waals surface area contributed by atoms with Crippen molar-refractivity contribution in [2.24, 2.45) is 50.1 Å². The number of aromatic nitrogens is 2. The molecule has 1 aromatic heterocycles. The number of carbonyl (C=O) groups is 3. The Bertz CT molecular complexity index is 753. The fourth-order valence-corrected chi connectivity index (χ4v) is 2.01. The van der Waals surface area contributed by atoms with Crippen LogP contribution in [0.1, 0.15) is 31.4 Å². The van der Waals surface area contributed by atoms with Gasteiger partial charge in [-0.2, -0.15) is 0 Å². The smallest absolute Gasteiger partial charge is 0.320 e. The number of imidazole rings is 1. The van der Waals surface area contributed by atoms with E-state index < -0.39 is 36.0 Å². The molecule has 0 aliphatic heterocycles. The van der Waals surface area contributed by atoms with E-state index in [0.717, 1.165) is 5.69 Å². The minimum absolute atomic E-state index is 0.0129. The molecule has 1 heterocycles. The van der Waals surface area contributed by atoms with Gasteiger partial charge in [0, 0.05) is 31.4 Å². The van der Waals surface area contributed by atoms with Gasteiger partial charge < -0.3 is 60.4 Å². The number of H-pyrrole nitrogens is 1. The van der Waals surface area contributed by atoms with Crippen LogP contribution in [0.5, 0.6) is 0 Å². The molecular weight excluding hydrogens is 466 g/mol. The predicted molar refractivity (Wildman–Crippen MR) is 129 cm³/mol. The zero-order valence-electron chi connectivity index (χ0n) is 19.3. The lowest BCUT2D eigenvalue weighted by Gasteiger charge is -2.03. The van der Waals surface area contributed by atoms with Gasteiger partial charge in [-0.1, -0.05) is 0 Å². The van der Waals surface area contributed by atoms with E-state index in [1.807, 2.05) is 0 Å². The average molecular weight is 504 g/mol. The van der Waals surface area contributed by atoms with Crippen molar-refractivity contribution in [2.45, 2.75) is 50.2 Å². The van der Waals surface area contributed by atoms with Crippen LogP contribution in [0.3, 0.4) is 0 Å². The van der Waals surface area contributed by atoms with E-state index in [-0.39, 0.29) is 18.3 Å². The van der Waals surface area contributed by atoms with E-state index in [2.05, 4.69) is 20.0 Å². The zero-order chi connectivity index (χ0) is 27.4. The summed E-state index contributed by atoms with van der Waals surface area (Å²) in [5.41, 5.74) is 36.6. The van der Waals surface area contributed by atoms with Gasteiger partial charge in [0.2, 0.25) is 0 Å². The molecule has 17 heteroatoms. The Kier molecular flexibility index (Phi) is 18.5. The van der Waals surface area contributed by atoms with E-state index in [1.165, 1.54) is 6.33 Å². The standard InChI is InChI=1S/2C6H14N4O2.C6H9N3O2/c2*7-4(5(11)12)2-1-3-10-6(8)9;7-5(6(10)11)1-4-2-8-3-9-4/h2*4H,1-3,7H2,(H,11,12)(H4,8,9,10);2-3,5H,1,7H2,(H,8,9)(H,10,11). The Morgan fingerprint density at radius 3 is 1.49 bits per heavy atom. The normalized spacial score (nSPS) is 12.3. The molecule has 200 valence electrons. The highest BCUT2D eigenvalue weighted by Gasteiger charge is 2.12. The fraction of sp³-hybridized carbons (Fsp3) is 0.556. The van der Waals surface area contributed by atoms with E-state index in [9.17, 15) is 14.4 Å². The topological polar surface area (TPSA) is 347 Å². The Morgan fingerprint density at radius 2 is 1.20 bits per heavy atom. The molecule has 0 bridgehead atoms. The van der Waals surface area contributed by atoms with Crippen LogP contribution in [0.25, 0.3) is 0 Å². The summed E-state index contributed by atoms with van der Waals surface area (Å²) in [5.74, 6) is -2.98. The summed E-state index contributed by atoms with van der Waals surface area (Å²) < 4.78 is 0. The summed E-state index contributed by atoms with van der Waals surface area (Å²) in [6.07, 6.45) is 5.25. The molecule has 0 aliphatic carbocycles. The molecular formula is C18H37N11O6. The summed E-state index contributed by atoms with van der Waals surface area (Å²) in [5, 5.41) is 25.2. The van der Waals surface area contributed by atoms with Crippen molar-refractivity contribution in [1.29, 1.82) is 0 Å². The second kappa shape index (κ2) is 19.5. The molecule has 0 saturated heterocycles. The molecule has 0 radical (unpaired) electrons. The molecule has 35 heavy (non-hydrogen) atoms. The van der Waals surface area contributed by atoms with Crippen LogP contribution in [0.15, 0.2) is 22.5 Å². The summed E-state index contributed by atoms with van der Waals surface area (Å²) in [6, 6.07) is -2.49. The molecule has 0 amide bonds. The molecule has 18 N–H and O–H groups in total. The van der Waals surface area contributed by atoms with Crippen LogP contribution >= 0.6 is 0 Å². The number of hydrogen-bond acceptors (Lipinski definition) is 9. The van der Waals surface area contributed by atoms with Gasteiger partial charge in [-0.3, -0.25) is 24.4 Å². The number of rotatable bonds is 13. The molecule has 3 unspecified atom stereocenters. The number of aliphatic imine (C=N–C) groups is 2. The number of aliphatic carboxylic acids is 3. The van der Waals surface area contributed by atoms with Crippen molar-refractivity contribution < 1.29 is 29.7 Å². The summed E-state index contributed by atoms with van der Waals surface area (Å²) in [7, 11) is 0. The Balaban J connectivity index is 0. The minimum Gasteiger partial charge on any atom is -0.480 e. The van der Waals surface area contributed by atoms with Crippen LogP contribution in [-0.2, 0) is 20.8 Å². The minimum atomic E-state index is -1.00. The lowest BCUT2D eigenvalue weighted by molar-refractivity contribution is -0.139. The maximum absolute atomic E-state index is 10.3. The van der Waals surface area contributed by atoms with Gasteiger partial charge in [0.25, 0.3) is 0 Å². The van der Waals surface area contributed by atoms with Gasteiger partial charge in [0.1, 0.15) is 18.1 Å². The fourth-order valence-electron chi connectivity index (χ4n) is 2.01. The number of nitrogens with two attached hydrogens (primary N) is 7. The largest absolute Gasteiger partial charge is 0.480 e. The van der Waals surface area contributed by atoms with Gasteiger partial charge in [0.05, 0.1) is 6.33 Å². The first kappa shape index (κ1) is 33.2. The van der Waals surface area contributed by atoms with Gasteiger partial charge in [-0.25, -0.2) is 4.98 Å². The molecule has 0 aliphatic rings. The third-order valence-electron chi connectivity index (χ3n) is 3.88. The van der Waals surface area contributed by atoms with Crippen molar-refractivity contribution in [1.82, 2.24) is 9.97 Å². The highest BCUT2D eigenvalue weighted by Crippen LogP contribution is 1.96. The summed E-state index contributed by atoms with van der Waals surface area (Å²) in [6.45, 7) is 0.840. The first-order chi connectivity index (χ1) is 16.3. The Labute approximate surface area is 201 Å². The lowest BCUT2D eigenvalue weighted by atomic mass is 10.2. The number of carboxylic acid groups (broad SMARTS) is 3. The van der Waals surface area contributed by atoms with Crippen molar-refractivity contribution in [3.8, 4) is 0 Å². The number of nitrogens with zero attached hydrogens (tertiary/aromatic N) is 3. The first-order valence-electron chi connectivity index (χ1n) is 10.3. The van der Waals surface area contributed by atoms with E-state index in [4.69, 9.17) is 55.5 Å². The molecule has 17 nitrogen and oxygen atoms in total. The van der Waals surface area contributed by atoms with Gasteiger partial charge >= 0.3 is 17.9 Å². The quantitative estimate of drug-likeness (QED) is 0.0699. The SMILES string of the molecule is NC(Cc1cnc[nH]1)C(=O)O.NC(N)=NCCCC(N)C(=O)O.NC(N)=NCCCC(N)C(=O)O. The molecule has 0 fully saturated rings. The van der Waals surface area contributed by atoms with Crippen LogP contribution < -0.4 is 40.1 Å². The summed E-state index contributed by atoms with van der Waals surface area (Å²) in [4.78, 5) is 44.6. The van der Waals surface area contributed by atoms with Crippen LogP contribution in [0.2, 0.25) is 0 Å². The van der Waals surface area contributed by atoms with Crippen molar-refractivity contribution in [3.63, 3.8) is 0 Å². The number of aromatic amines is 1. The van der Waals surface area contributed by atoms with Crippen LogP contribution in [-0.4, -0.2) is 86.3 Å². The van der Waals surface area contributed by atoms with Gasteiger partial charge in [0.15, 0.2) is 11.9 Å². The zero-order valence-corrected chi connectivity index (χ0v) is 19.3. The predicted octanol–water partition coefficient (Wildman–Crippen LogP) is -3.73. The first-order valence-corrected chi connectivity index (χ1v) is 10.3. The number of carboxylic acids is 3.